The van der Waals surface area contributed by atoms with E-state index < -0.39 is 0 Å². The summed E-state index contributed by atoms with van der Waals surface area (Å²) in [6.45, 7) is 3.59. The van der Waals surface area contributed by atoms with Crippen molar-refractivity contribution in [1.82, 2.24) is 10.2 Å². The van der Waals surface area contributed by atoms with Crippen LogP contribution in [0.5, 0.6) is 0 Å². The van der Waals surface area contributed by atoms with Crippen LogP contribution in [0.2, 0.25) is 5.02 Å². The molecule has 6 heteroatoms. The average Bonchev–Trinajstić information content (AvgIpc) is 2.42. The van der Waals surface area contributed by atoms with E-state index in [1.54, 1.807) is 19.1 Å². The van der Waals surface area contributed by atoms with Crippen molar-refractivity contribution >= 4 is 29.9 Å². The number of hydrogen-bond donors (Lipinski definition) is 1. The van der Waals surface area contributed by atoms with Crippen LogP contribution in [0.4, 0.5) is 0 Å². The fourth-order valence-electron chi connectivity index (χ4n) is 1.68. The van der Waals surface area contributed by atoms with Gasteiger partial charge in [-0.2, -0.15) is 0 Å². The zero-order valence-corrected chi connectivity index (χ0v) is 13.6. The summed E-state index contributed by atoms with van der Waals surface area (Å²) in [4.78, 5) is 13.7. The molecule has 1 aromatic carbocycles. The third-order valence-corrected chi connectivity index (χ3v) is 3.34. The lowest BCUT2D eigenvalue weighted by Gasteiger charge is -2.25. The molecule has 0 saturated heterocycles. The summed E-state index contributed by atoms with van der Waals surface area (Å²) in [6, 6.07) is 7.57. The van der Waals surface area contributed by atoms with Gasteiger partial charge in [-0.25, -0.2) is 0 Å². The molecule has 4 nitrogen and oxygen atoms in total. The maximum absolute atomic E-state index is 12.0. The van der Waals surface area contributed by atoms with Crippen LogP contribution in [0.3, 0.4) is 0 Å². The van der Waals surface area contributed by atoms with Crippen LogP contribution in [0.25, 0.3) is 0 Å². The lowest BCUT2D eigenvalue weighted by molar-refractivity contribution is -0.130. The quantitative estimate of drug-likeness (QED) is 0.785. The Hall–Kier alpha value is -0.810. The summed E-state index contributed by atoms with van der Waals surface area (Å²) in [5.41, 5.74) is 1.07. The molecule has 0 aromatic heterocycles. The van der Waals surface area contributed by atoms with Crippen LogP contribution in [-0.4, -0.2) is 44.7 Å². The minimum Gasteiger partial charge on any atom is -0.383 e. The number of nitrogens with one attached hydrogen (secondary N) is 1. The van der Waals surface area contributed by atoms with Crippen molar-refractivity contribution in [3.63, 3.8) is 0 Å². The molecule has 1 N–H and O–H groups in total. The van der Waals surface area contributed by atoms with Gasteiger partial charge in [-0.3, -0.25) is 4.79 Å². The van der Waals surface area contributed by atoms with Crippen LogP contribution in [0.1, 0.15) is 18.5 Å². The van der Waals surface area contributed by atoms with Crippen molar-refractivity contribution in [2.45, 2.75) is 13.0 Å². The number of likely N-dealkylation sites (N-methyl/N-ethyl adjacent to an activating group) is 1. The van der Waals surface area contributed by atoms with Crippen molar-refractivity contribution in [3.8, 4) is 0 Å². The summed E-state index contributed by atoms with van der Waals surface area (Å²) < 4.78 is 4.91. The molecule has 0 radical (unpaired) electrons. The number of ether oxygens (including phenoxy) is 1. The molecule has 20 heavy (non-hydrogen) atoms. The predicted octanol–water partition coefficient (Wildman–Crippen LogP) is 2.52. The topological polar surface area (TPSA) is 41.6 Å². The molecule has 0 spiro atoms. The van der Waals surface area contributed by atoms with Gasteiger partial charge < -0.3 is 15.0 Å². The summed E-state index contributed by atoms with van der Waals surface area (Å²) in [5, 5.41) is 3.75. The first kappa shape index (κ1) is 19.2. The number of amides is 1. The number of benzene rings is 1. The number of nitrogens with zero attached hydrogens (tertiary/aromatic N) is 1. The highest BCUT2D eigenvalue weighted by molar-refractivity contribution is 6.30. The van der Waals surface area contributed by atoms with Crippen molar-refractivity contribution < 1.29 is 9.53 Å². The largest absolute Gasteiger partial charge is 0.383 e. The number of rotatable bonds is 7. The minimum absolute atomic E-state index is 0. The SMILES string of the molecule is COCCNCC(=O)N(C)C(C)c1ccc(Cl)cc1.Cl. The Balaban J connectivity index is 0.00000361. The molecule has 1 unspecified atom stereocenters. The Morgan fingerprint density at radius 3 is 2.55 bits per heavy atom. The van der Waals surface area contributed by atoms with Crippen LogP contribution in [0.15, 0.2) is 24.3 Å². The van der Waals surface area contributed by atoms with E-state index >= 15 is 0 Å². The standard InChI is InChI=1S/C14H21ClN2O2.ClH/c1-11(12-4-6-13(15)7-5-12)17(2)14(18)10-16-8-9-19-3;/h4-7,11,16H,8-10H2,1-3H3;1H. The second-order valence-corrected chi connectivity index (χ2v) is 4.84. The minimum atomic E-state index is 0. The number of halogens is 2. The van der Waals surface area contributed by atoms with E-state index in [0.717, 1.165) is 5.56 Å². The first-order valence-corrected chi connectivity index (χ1v) is 6.65. The fraction of sp³-hybridized carbons (Fsp3) is 0.500. The molecule has 0 bridgehead atoms. The normalized spacial score (nSPS) is 11.6. The molecule has 1 atom stereocenters. The molecule has 114 valence electrons. The van der Waals surface area contributed by atoms with Crippen LogP contribution >= 0.6 is 24.0 Å². The molecular weight excluding hydrogens is 299 g/mol. The molecule has 0 aliphatic carbocycles. The Bertz CT molecular complexity index is 399. The maximum Gasteiger partial charge on any atom is 0.236 e. The van der Waals surface area contributed by atoms with E-state index in [-0.39, 0.29) is 24.4 Å². The third kappa shape index (κ3) is 6.09. The van der Waals surface area contributed by atoms with Crippen molar-refractivity contribution in [2.24, 2.45) is 0 Å². The van der Waals surface area contributed by atoms with Crippen LogP contribution in [0, 0.1) is 0 Å². The number of methoxy groups -OCH3 is 1. The van der Waals surface area contributed by atoms with Gasteiger partial charge in [0.2, 0.25) is 5.91 Å². The summed E-state index contributed by atoms with van der Waals surface area (Å²) in [6.07, 6.45) is 0. The zero-order chi connectivity index (χ0) is 14.3. The predicted molar refractivity (Wildman–Crippen MR) is 84.6 cm³/mol. The summed E-state index contributed by atoms with van der Waals surface area (Å²) in [5.74, 6) is 0.0542. The number of carbonyl (C=O) groups excluding carboxylic acids is 1. The smallest absolute Gasteiger partial charge is 0.236 e. The van der Waals surface area contributed by atoms with E-state index in [0.29, 0.717) is 24.7 Å². The molecular formula is C14H22Cl2N2O2. The highest BCUT2D eigenvalue weighted by atomic mass is 35.5. The monoisotopic (exact) mass is 320 g/mol. The van der Waals surface area contributed by atoms with Gasteiger partial charge >= 0.3 is 0 Å². The van der Waals surface area contributed by atoms with Gasteiger partial charge in [0.15, 0.2) is 0 Å². The number of carbonyl (C=O) groups is 1. The molecule has 0 aliphatic heterocycles. The number of hydrogen-bond acceptors (Lipinski definition) is 3. The zero-order valence-electron chi connectivity index (χ0n) is 12.1. The van der Waals surface area contributed by atoms with Crippen LogP contribution in [-0.2, 0) is 9.53 Å². The van der Waals surface area contributed by atoms with Crippen molar-refractivity contribution in [3.05, 3.63) is 34.9 Å². The Labute approximate surface area is 131 Å². The van der Waals surface area contributed by atoms with E-state index in [1.165, 1.54) is 0 Å². The highest BCUT2D eigenvalue weighted by Crippen LogP contribution is 2.20. The second-order valence-electron chi connectivity index (χ2n) is 4.40. The second kappa shape index (κ2) is 10.00. The Morgan fingerprint density at radius 2 is 2.00 bits per heavy atom. The molecule has 1 rings (SSSR count). The molecule has 0 heterocycles. The van der Waals surface area contributed by atoms with Gasteiger partial charge in [0.1, 0.15) is 0 Å². The van der Waals surface area contributed by atoms with Gasteiger partial charge in [0.25, 0.3) is 0 Å². The van der Waals surface area contributed by atoms with Crippen LogP contribution < -0.4 is 5.32 Å². The summed E-state index contributed by atoms with van der Waals surface area (Å²) >= 11 is 5.85. The van der Waals surface area contributed by atoms with E-state index in [2.05, 4.69) is 5.32 Å². The van der Waals surface area contributed by atoms with E-state index in [4.69, 9.17) is 16.3 Å². The molecule has 0 aliphatic rings. The van der Waals surface area contributed by atoms with E-state index in [1.807, 2.05) is 31.2 Å². The fourth-order valence-corrected chi connectivity index (χ4v) is 1.80. The van der Waals surface area contributed by atoms with Gasteiger partial charge in [-0.1, -0.05) is 23.7 Å². The lowest BCUT2D eigenvalue weighted by Crippen LogP contribution is -2.38. The van der Waals surface area contributed by atoms with E-state index in [9.17, 15) is 4.79 Å². The summed E-state index contributed by atoms with van der Waals surface area (Å²) in [7, 11) is 3.44. The molecule has 1 amide bonds. The molecule has 0 fully saturated rings. The van der Waals surface area contributed by atoms with Gasteiger partial charge in [0, 0.05) is 25.7 Å². The van der Waals surface area contributed by atoms with Crippen molar-refractivity contribution in [2.75, 3.05) is 33.9 Å². The Morgan fingerprint density at radius 1 is 1.40 bits per heavy atom. The van der Waals surface area contributed by atoms with Crippen molar-refractivity contribution in [1.29, 1.82) is 0 Å². The third-order valence-electron chi connectivity index (χ3n) is 3.09. The molecule has 1 aromatic rings. The first-order valence-electron chi connectivity index (χ1n) is 6.27. The maximum atomic E-state index is 12.0. The van der Waals surface area contributed by atoms with Gasteiger partial charge in [0.05, 0.1) is 19.2 Å². The Kier molecular flexibility index (Phi) is 9.59. The first-order chi connectivity index (χ1) is 9.06. The van der Waals surface area contributed by atoms with Gasteiger partial charge in [-0.05, 0) is 24.6 Å². The highest BCUT2D eigenvalue weighted by Gasteiger charge is 2.16. The van der Waals surface area contributed by atoms with Gasteiger partial charge in [-0.15, -0.1) is 12.4 Å². The molecule has 0 saturated carbocycles. The lowest BCUT2D eigenvalue weighted by atomic mass is 10.1. The average molecular weight is 321 g/mol.